The molecule has 140 valence electrons. The van der Waals surface area contributed by atoms with Gasteiger partial charge in [-0.3, -0.25) is 0 Å². The molecule has 0 amide bonds. The molecule has 0 spiro atoms. The smallest absolute Gasteiger partial charge is 0.314 e. The molecule has 1 N–H and O–H groups in total. The molecule has 0 aliphatic rings. The molecule has 0 fully saturated rings. The van der Waals surface area contributed by atoms with Crippen molar-refractivity contribution in [1.29, 1.82) is 0 Å². The number of hydrogen-bond acceptors (Lipinski definition) is 7. The fourth-order valence-electron chi connectivity index (χ4n) is 2.73. The number of thiophene rings is 1. The van der Waals surface area contributed by atoms with Gasteiger partial charge in [0.1, 0.15) is 5.69 Å². The highest BCUT2D eigenvalue weighted by atomic mass is 32.1. The first-order valence-electron chi connectivity index (χ1n) is 8.21. The Morgan fingerprint density at radius 2 is 2.00 bits per heavy atom. The normalized spacial score (nSPS) is 11.7. The average Bonchev–Trinajstić information content (AvgIpc) is 3.47. The number of pyridine rings is 1. The number of nitrogens with one attached hydrogen (secondary N) is 1. The zero-order valence-electron chi connectivity index (χ0n) is 14.1. The number of rotatable bonds is 5. The highest BCUT2D eigenvalue weighted by Crippen LogP contribution is 2.29. The molecule has 11 heteroatoms. The van der Waals surface area contributed by atoms with Crippen molar-refractivity contribution in [2.45, 2.75) is 13.0 Å². The molecule has 28 heavy (non-hydrogen) atoms. The van der Waals surface area contributed by atoms with E-state index in [4.69, 9.17) is 4.42 Å². The summed E-state index contributed by atoms with van der Waals surface area (Å²) in [5.41, 5.74) is 3.21. The molecule has 0 aliphatic carbocycles. The van der Waals surface area contributed by atoms with Gasteiger partial charge in [0.15, 0.2) is 0 Å². The third-order valence-corrected chi connectivity index (χ3v) is 5.08. The van der Waals surface area contributed by atoms with Crippen LogP contribution in [0.25, 0.3) is 33.2 Å². The highest BCUT2D eigenvalue weighted by Gasteiger charge is 2.18. The number of aromatic nitrogens is 7. The minimum absolute atomic E-state index is 0.0786. The van der Waals surface area contributed by atoms with Crippen molar-refractivity contribution < 1.29 is 13.2 Å². The molecule has 5 heterocycles. The van der Waals surface area contributed by atoms with Gasteiger partial charge in [-0.05, 0) is 30.3 Å². The lowest BCUT2D eigenvalue weighted by Gasteiger charge is -1.97. The fourth-order valence-corrected chi connectivity index (χ4v) is 3.65. The minimum Gasteiger partial charge on any atom is -0.414 e. The Hall–Kier alpha value is -3.47. The van der Waals surface area contributed by atoms with Crippen LogP contribution in [0.4, 0.5) is 8.78 Å². The van der Waals surface area contributed by atoms with Crippen LogP contribution in [0, 0.1) is 0 Å². The Bertz CT molecular complexity index is 1260. The molecule has 0 saturated heterocycles. The minimum atomic E-state index is -2.78. The molecule has 0 saturated carbocycles. The lowest BCUT2D eigenvalue weighted by atomic mass is 10.2. The van der Waals surface area contributed by atoms with E-state index in [1.165, 1.54) is 11.3 Å². The van der Waals surface area contributed by atoms with E-state index in [2.05, 4.69) is 30.5 Å². The van der Waals surface area contributed by atoms with Gasteiger partial charge >= 0.3 is 6.43 Å². The summed E-state index contributed by atoms with van der Waals surface area (Å²) >= 11 is 1.36. The molecule has 0 aromatic carbocycles. The summed E-state index contributed by atoms with van der Waals surface area (Å²) < 4.78 is 31.8. The van der Waals surface area contributed by atoms with Crippen molar-refractivity contribution >= 4 is 22.4 Å². The van der Waals surface area contributed by atoms with Gasteiger partial charge in [-0.15, -0.1) is 26.6 Å². The summed E-state index contributed by atoms with van der Waals surface area (Å²) in [6.07, 6.45) is 0.857. The summed E-state index contributed by atoms with van der Waals surface area (Å²) in [6.45, 7) is 0.472. The standard InChI is InChI=1S/C17H11F2N7OS/c18-15(19)17-24-23-16(27-17)14-4-1-9(28-14)7-26-8-13(22-25-26)11-3-2-10-12(21-11)5-6-20-10/h1-6,8,15,20H,7H2. The molecule has 0 bridgehead atoms. The van der Waals surface area contributed by atoms with Gasteiger partial charge in [-0.1, -0.05) is 5.21 Å². The van der Waals surface area contributed by atoms with Gasteiger partial charge in [0.2, 0.25) is 0 Å². The van der Waals surface area contributed by atoms with Crippen LogP contribution in [-0.4, -0.2) is 35.2 Å². The van der Waals surface area contributed by atoms with Gasteiger partial charge in [-0.25, -0.2) is 9.67 Å². The first-order valence-corrected chi connectivity index (χ1v) is 9.02. The fraction of sp³-hybridized carbons (Fsp3) is 0.118. The lowest BCUT2D eigenvalue weighted by molar-refractivity contribution is 0.116. The number of aromatic amines is 1. The second-order valence-electron chi connectivity index (χ2n) is 5.92. The quantitative estimate of drug-likeness (QED) is 0.481. The lowest BCUT2D eigenvalue weighted by Crippen LogP contribution is -1.98. The van der Waals surface area contributed by atoms with Crippen LogP contribution < -0.4 is 0 Å². The largest absolute Gasteiger partial charge is 0.414 e. The molecular formula is C17H11F2N7OS. The van der Waals surface area contributed by atoms with E-state index in [-0.39, 0.29) is 5.89 Å². The van der Waals surface area contributed by atoms with Crippen LogP contribution >= 0.6 is 11.3 Å². The van der Waals surface area contributed by atoms with E-state index in [1.54, 1.807) is 10.7 Å². The summed E-state index contributed by atoms with van der Waals surface area (Å²) in [5, 5.41) is 15.3. The zero-order valence-corrected chi connectivity index (χ0v) is 14.9. The van der Waals surface area contributed by atoms with Gasteiger partial charge in [0.05, 0.1) is 34.3 Å². The Kier molecular flexibility index (Phi) is 3.93. The molecule has 5 aromatic rings. The number of halogens is 2. The van der Waals surface area contributed by atoms with Gasteiger partial charge in [0.25, 0.3) is 11.8 Å². The first-order chi connectivity index (χ1) is 13.7. The van der Waals surface area contributed by atoms with Crippen LogP contribution in [0.3, 0.4) is 0 Å². The van der Waals surface area contributed by atoms with Crippen molar-refractivity contribution in [3.05, 3.63) is 53.5 Å². The summed E-state index contributed by atoms with van der Waals surface area (Å²) in [4.78, 5) is 9.21. The van der Waals surface area contributed by atoms with Crippen molar-refractivity contribution in [3.63, 3.8) is 0 Å². The summed E-state index contributed by atoms with van der Waals surface area (Å²) in [7, 11) is 0. The van der Waals surface area contributed by atoms with E-state index in [9.17, 15) is 8.78 Å². The molecule has 8 nitrogen and oxygen atoms in total. The highest BCUT2D eigenvalue weighted by molar-refractivity contribution is 7.15. The van der Waals surface area contributed by atoms with Gasteiger partial charge < -0.3 is 9.40 Å². The maximum atomic E-state index is 12.6. The Morgan fingerprint density at radius 3 is 2.86 bits per heavy atom. The number of H-pyrrole nitrogens is 1. The Labute approximate surface area is 159 Å². The van der Waals surface area contributed by atoms with Crippen molar-refractivity contribution in [1.82, 2.24) is 35.2 Å². The topological polar surface area (TPSA) is 98.3 Å². The summed E-state index contributed by atoms with van der Waals surface area (Å²) in [5.74, 6) is -0.604. The molecule has 0 aliphatic heterocycles. The van der Waals surface area contributed by atoms with Crippen LogP contribution in [0.1, 0.15) is 17.2 Å². The SMILES string of the molecule is FC(F)c1nnc(-c2ccc(Cn3cc(-c4ccc5[nH]ccc5n4)nn3)s2)o1. The second kappa shape index (κ2) is 6.60. The first kappa shape index (κ1) is 16.7. The van der Waals surface area contributed by atoms with Crippen LogP contribution in [0.15, 0.2) is 47.1 Å². The maximum absolute atomic E-state index is 12.6. The Morgan fingerprint density at radius 1 is 1.07 bits per heavy atom. The van der Waals surface area contributed by atoms with E-state index in [0.717, 1.165) is 21.6 Å². The number of hydrogen-bond donors (Lipinski definition) is 1. The third kappa shape index (κ3) is 3.05. The van der Waals surface area contributed by atoms with Crippen molar-refractivity contribution in [3.8, 4) is 22.2 Å². The predicted molar refractivity (Wildman–Crippen MR) is 96.8 cm³/mol. The third-order valence-electron chi connectivity index (χ3n) is 4.02. The van der Waals surface area contributed by atoms with Gasteiger partial charge in [0, 0.05) is 11.1 Å². The van der Waals surface area contributed by atoms with Crippen molar-refractivity contribution in [2.24, 2.45) is 0 Å². The molecular weight excluding hydrogens is 388 g/mol. The van der Waals surface area contributed by atoms with Crippen molar-refractivity contribution in [2.75, 3.05) is 0 Å². The molecule has 5 rings (SSSR count). The monoisotopic (exact) mass is 399 g/mol. The second-order valence-corrected chi connectivity index (χ2v) is 7.09. The van der Waals surface area contributed by atoms with E-state index < -0.39 is 12.3 Å². The van der Waals surface area contributed by atoms with Crippen LogP contribution in [0.2, 0.25) is 0 Å². The molecule has 0 unspecified atom stereocenters. The van der Waals surface area contributed by atoms with E-state index in [1.807, 2.05) is 36.7 Å². The van der Waals surface area contributed by atoms with Crippen LogP contribution in [-0.2, 0) is 6.54 Å². The Balaban J connectivity index is 1.35. The van der Waals surface area contributed by atoms with E-state index >= 15 is 0 Å². The maximum Gasteiger partial charge on any atom is 0.314 e. The average molecular weight is 399 g/mol. The number of alkyl halides is 2. The number of nitrogens with zero attached hydrogens (tertiary/aromatic N) is 6. The molecule has 0 atom stereocenters. The predicted octanol–water partition coefficient (Wildman–Crippen LogP) is 3.92. The van der Waals surface area contributed by atoms with Crippen LogP contribution in [0.5, 0.6) is 0 Å². The molecule has 0 radical (unpaired) electrons. The summed E-state index contributed by atoms with van der Waals surface area (Å²) in [6, 6.07) is 9.33. The number of fused-ring (bicyclic) bond motifs is 1. The van der Waals surface area contributed by atoms with E-state index in [0.29, 0.717) is 17.1 Å². The molecule has 5 aromatic heterocycles. The van der Waals surface area contributed by atoms with Gasteiger partial charge in [-0.2, -0.15) is 8.78 Å². The zero-order chi connectivity index (χ0) is 19.1.